The van der Waals surface area contributed by atoms with E-state index in [0.29, 0.717) is 22.8 Å². The van der Waals surface area contributed by atoms with Crippen LogP contribution >= 0.6 is 11.8 Å². The Labute approximate surface area is 140 Å². The van der Waals surface area contributed by atoms with Gasteiger partial charge in [-0.25, -0.2) is 4.98 Å². The van der Waals surface area contributed by atoms with Crippen molar-refractivity contribution in [1.82, 2.24) is 25.1 Å². The van der Waals surface area contributed by atoms with Crippen molar-refractivity contribution >= 4 is 17.7 Å². The highest BCUT2D eigenvalue weighted by Crippen LogP contribution is 2.23. The summed E-state index contributed by atoms with van der Waals surface area (Å²) >= 11 is 1.39. The second-order valence-corrected chi connectivity index (χ2v) is 6.58. The summed E-state index contributed by atoms with van der Waals surface area (Å²) in [5.41, 5.74) is 0.938. The molecule has 0 aromatic carbocycles. The Morgan fingerprint density at radius 2 is 2.22 bits per heavy atom. The van der Waals surface area contributed by atoms with E-state index in [1.807, 2.05) is 17.0 Å². The molecule has 2 aromatic rings. The van der Waals surface area contributed by atoms with E-state index < -0.39 is 0 Å². The third-order valence-corrected chi connectivity index (χ3v) is 4.99. The van der Waals surface area contributed by atoms with Gasteiger partial charge in [-0.1, -0.05) is 18.7 Å². The molecule has 0 unspecified atom stereocenters. The average molecular weight is 331 g/mol. The molecule has 1 fully saturated rings. The van der Waals surface area contributed by atoms with Gasteiger partial charge in [0, 0.05) is 30.5 Å². The third kappa shape index (κ3) is 3.90. The second-order valence-electron chi connectivity index (χ2n) is 5.64. The van der Waals surface area contributed by atoms with Crippen molar-refractivity contribution < 1.29 is 4.79 Å². The van der Waals surface area contributed by atoms with Gasteiger partial charge in [-0.15, -0.1) is 5.10 Å². The summed E-state index contributed by atoms with van der Waals surface area (Å²) in [5.74, 6) is 1.29. The summed E-state index contributed by atoms with van der Waals surface area (Å²) in [7, 11) is 0. The maximum absolute atomic E-state index is 12.4. The van der Waals surface area contributed by atoms with Crippen LogP contribution < -0.4 is 0 Å². The maximum atomic E-state index is 12.4. The topological polar surface area (TPSA) is 74.8 Å². The molecule has 0 spiro atoms. The van der Waals surface area contributed by atoms with Gasteiger partial charge >= 0.3 is 0 Å². The third-order valence-electron chi connectivity index (χ3n) is 4.16. The number of pyridine rings is 1. The van der Waals surface area contributed by atoms with Gasteiger partial charge in [-0.05, 0) is 37.8 Å². The molecule has 0 saturated carbocycles. The molecule has 1 aliphatic heterocycles. The number of rotatable bonds is 5. The van der Waals surface area contributed by atoms with E-state index in [1.54, 1.807) is 12.4 Å². The molecule has 1 aliphatic rings. The summed E-state index contributed by atoms with van der Waals surface area (Å²) in [5, 5.41) is 7.70. The van der Waals surface area contributed by atoms with Crippen LogP contribution in [0.5, 0.6) is 0 Å². The standard InChI is InChI=1S/C16H21N5OS/c1-2-13-5-3-4-10-21(13)14(22)11-23-16-18-15(19-20-16)12-6-8-17-9-7-12/h6-9,13H,2-5,10-11H2,1H3,(H,18,19,20)/t13-/m0/s1. The van der Waals surface area contributed by atoms with E-state index in [9.17, 15) is 4.79 Å². The number of hydrogen-bond acceptors (Lipinski definition) is 5. The first kappa shape index (κ1) is 16.0. The van der Waals surface area contributed by atoms with Crippen molar-refractivity contribution in [3.63, 3.8) is 0 Å². The number of aromatic amines is 1. The van der Waals surface area contributed by atoms with Crippen LogP contribution in [0.25, 0.3) is 11.4 Å². The zero-order valence-corrected chi connectivity index (χ0v) is 14.1. The predicted octanol–water partition coefficient (Wildman–Crippen LogP) is 2.75. The first-order valence-corrected chi connectivity index (χ1v) is 9.01. The molecule has 7 heteroatoms. The lowest BCUT2D eigenvalue weighted by atomic mass is 10.0. The number of carbonyl (C=O) groups excluding carboxylic acids is 1. The van der Waals surface area contributed by atoms with Crippen LogP contribution in [0.4, 0.5) is 0 Å². The van der Waals surface area contributed by atoms with Gasteiger partial charge in [0.15, 0.2) is 5.82 Å². The van der Waals surface area contributed by atoms with E-state index in [1.165, 1.54) is 18.2 Å². The largest absolute Gasteiger partial charge is 0.339 e. The number of likely N-dealkylation sites (tertiary alicyclic amines) is 1. The number of H-pyrrole nitrogens is 1. The van der Waals surface area contributed by atoms with Crippen LogP contribution in [0.1, 0.15) is 32.6 Å². The fourth-order valence-corrected chi connectivity index (χ4v) is 3.60. The Hall–Kier alpha value is -1.89. The lowest BCUT2D eigenvalue weighted by molar-refractivity contribution is -0.132. The zero-order valence-electron chi connectivity index (χ0n) is 13.2. The molecule has 3 rings (SSSR count). The van der Waals surface area contributed by atoms with Crippen LogP contribution in [-0.2, 0) is 4.79 Å². The van der Waals surface area contributed by atoms with Crippen molar-refractivity contribution in [2.75, 3.05) is 12.3 Å². The van der Waals surface area contributed by atoms with Gasteiger partial charge in [-0.2, -0.15) is 0 Å². The lowest BCUT2D eigenvalue weighted by Gasteiger charge is -2.35. The average Bonchev–Trinajstić information content (AvgIpc) is 3.09. The van der Waals surface area contributed by atoms with Crippen molar-refractivity contribution in [2.45, 2.75) is 43.8 Å². The van der Waals surface area contributed by atoms with Gasteiger partial charge in [0.25, 0.3) is 0 Å². The highest BCUT2D eigenvalue weighted by Gasteiger charge is 2.25. The summed E-state index contributed by atoms with van der Waals surface area (Å²) in [6, 6.07) is 4.15. The molecule has 0 bridgehead atoms. The Balaban J connectivity index is 1.58. The van der Waals surface area contributed by atoms with Crippen molar-refractivity contribution in [3.8, 4) is 11.4 Å². The van der Waals surface area contributed by atoms with Gasteiger partial charge < -0.3 is 4.90 Å². The molecule has 3 heterocycles. The summed E-state index contributed by atoms with van der Waals surface area (Å²) in [6.45, 7) is 3.04. The van der Waals surface area contributed by atoms with Gasteiger partial charge in [0.1, 0.15) is 0 Å². The number of thioether (sulfide) groups is 1. The molecular weight excluding hydrogens is 310 g/mol. The second kappa shape index (κ2) is 7.59. The van der Waals surface area contributed by atoms with Crippen LogP contribution in [0.3, 0.4) is 0 Å². The number of amides is 1. The molecule has 1 N–H and O–H groups in total. The number of hydrogen-bond donors (Lipinski definition) is 1. The van der Waals surface area contributed by atoms with Gasteiger partial charge in [0.2, 0.25) is 11.1 Å². The first-order chi connectivity index (χ1) is 11.3. The minimum atomic E-state index is 0.191. The first-order valence-electron chi connectivity index (χ1n) is 8.03. The fourth-order valence-electron chi connectivity index (χ4n) is 2.91. The van der Waals surface area contributed by atoms with E-state index in [2.05, 4.69) is 27.1 Å². The minimum absolute atomic E-state index is 0.191. The smallest absolute Gasteiger partial charge is 0.233 e. The molecule has 0 aliphatic carbocycles. The van der Waals surface area contributed by atoms with Crippen LogP contribution in [-0.4, -0.2) is 49.3 Å². The van der Waals surface area contributed by atoms with E-state index >= 15 is 0 Å². The number of aromatic nitrogens is 4. The molecular formula is C16H21N5OS. The Morgan fingerprint density at radius 1 is 1.39 bits per heavy atom. The van der Waals surface area contributed by atoms with Gasteiger partial charge in [-0.3, -0.25) is 14.9 Å². The number of carbonyl (C=O) groups is 1. The number of nitrogens with one attached hydrogen (secondary N) is 1. The molecule has 6 nitrogen and oxygen atoms in total. The maximum Gasteiger partial charge on any atom is 0.233 e. The number of nitrogens with zero attached hydrogens (tertiary/aromatic N) is 4. The van der Waals surface area contributed by atoms with Crippen molar-refractivity contribution in [3.05, 3.63) is 24.5 Å². The van der Waals surface area contributed by atoms with Crippen LogP contribution in [0, 0.1) is 0 Å². The summed E-state index contributed by atoms with van der Waals surface area (Å²) in [4.78, 5) is 22.9. The molecule has 2 aromatic heterocycles. The van der Waals surface area contributed by atoms with E-state index in [4.69, 9.17) is 0 Å². The minimum Gasteiger partial charge on any atom is -0.339 e. The Bertz CT molecular complexity index is 645. The molecule has 1 saturated heterocycles. The lowest BCUT2D eigenvalue weighted by Crippen LogP contribution is -2.44. The van der Waals surface area contributed by atoms with Gasteiger partial charge in [0.05, 0.1) is 5.75 Å². The molecule has 1 atom stereocenters. The Morgan fingerprint density at radius 3 is 3.00 bits per heavy atom. The normalized spacial score (nSPS) is 18.1. The summed E-state index contributed by atoms with van der Waals surface area (Å²) < 4.78 is 0. The fraction of sp³-hybridized carbons (Fsp3) is 0.500. The quantitative estimate of drug-likeness (QED) is 0.853. The zero-order chi connectivity index (χ0) is 16.1. The molecule has 23 heavy (non-hydrogen) atoms. The highest BCUT2D eigenvalue weighted by molar-refractivity contribution is 7.99. The molecule has 0 radical (unpaired) electrons. The molecule has 122 valence electrons. The van der Waals surface area contributed by atoms with Crippen LogP contribution in [0.15, 0.2) is 29.7 Å². The predicted molar refractivity (Wildman–Crippen MR) is 90.0 cm³/mol. The Kier molecular flexibility index (Phi) is 5.27. The SMILES string of the molecule is CC[C@H]1CCCCN1C(=O)CSc1n[nH]c(-c2ccncc2)n1. The monoisotopic (exact) mass is 331 g/mol. The number of piperidine rings is 1. The molecule has 1 amide bonds. The highest BCUT2D eigenvalue weighted by atomic mass is 32.2. The summed E-state index contributed by atoms with van der Waals surface area (Å²) in [6.07, 6.45) is 7.93. The van der Waals surface area contributed by atoms with E-state index in [0.717, 1.165) is 31.4 Å². The van der Waals surface area contributed by atoms with Crippen molar-refractivity contribution in [2.24, 2.45) is 0 Å². The van der Waals surface area contributed by atoms with Crippen LogP contribution in [0.2, 0.25) is 0 Å². The van der Waals surface area contributed by atoms with E-state index in [-0.39, 0.29) is 5.91 Å². The van der Waals surface area contributed by atoms with Crippen molar-refractivity contribution in [1.29, 1.82) is 0 Å².